The minimum atomic E-state index is -0.225. The lowest BCUT2D eigenvalue weighted by Gasteiger charge is -2.19. The molecular formula is C15H14BrN3O2. The second-order valence-corrected chi connectivity index (χ2v) is 5.15. The van der Waals surface area contributed by atoms with Gasteiger partial charge >= 0.3 is 0 Å². The highest BCUT2D eigenvalue weighted by Gasteiger charge is 2.20. The summed E-state index contributed by atoms with van der Waals surface area (Å²) < 4.78 is 5.73. The van der Waals surface area contributed by atoms with Crippen LogP contribution in [0.3, 0.4) is 0 Å². The molecule has 1 aromatic heterocycles. The van der Waals surface area contributed by atoms with Crippen molar-refractivity contribution in [1.82, 2.24) is 15.1 Å². The van der Waals surface area contributed by atoms with Crippen molar-refractivity contribution in [3.8, 4) is 18.1 Å². The van der Waals surface area contributed by atoms with Crippen LogP contribution < -0.4 is 4.74 Å². The Hall–Kier alpha value is -2.26. The number of methoxy groups -OCH3 is 1. The van der Waals surface area contributed by atoms with Gasteiger partial charge in [0.05, 0.1) is 18.1 Å². The molecular weight excluding hydrogens is 334 g/mol. The van der Waals surface area contributed by atoms with Crippen LogP contribution in [0.1, 0.15) is 16.1 Å². The van der Waals surface area contributed by atoms with E-state index in [1.807, 2.05) is 24.3 Å². The first kappa shape index (κ1) is 15.1. The number of aromatic nitrogens is 2. The topological polar surface area (TPSA) is 58.2 Å². The summed E-state index contributed by atoms with van der Waals surface area (Å²) in [4.78, 5) is 14.0. The molecule has 6 heteroatoms. The van der Waals surface area contributed by atoms with Gasteiger partial charge < -0.3 is 9.64 Å². The number of halogens is 1. The Morgan fingerprint density at radius 3 is 2.71 bits per heavy atom. The van der Waals surface area contributed by atoms with Crippen LogP contribution in [0.25, 0.3) is 0 Å². The second-order valence-electron chi connectivity index (χ2n) is 4.30. The zero-order valence-corrected chi connectivity index (χ0v) is 13.1. The predicted molar refractivity (Wildman–Crippen MR) is 82.9 cm³/mol. The quantitative estimate of drug-likeness (QED) is 0.845. The number of ether oxygens (including phenoxy) is 1. The smallest absolute Gasteiger partial charge is 0.276 e. The molecule has 21 heavy (non-hydrogen) atoms. The van der Waals surface area contributed by atoms with Gasteiger partial charge in [-0.1, -0.05) is 18.1 Å². The number of nitrogens with zero attached hydrogens (tertiary/aromatic N) is 2. The molecule has 2 aromatic rings. The third kappa shape index (κ3) is 3.64. The van der Waals surface area contributed by atoms with Crippen LogP contribution in [-0.2, 0) is 6.54 Å². The lowest BCUT2D eigenvalue weighted by molar-refractivity contribution is 0.0759. The maximum atomic E-state index is 12.4. The summed E-state index contributed by atoms with van der Waals surface area (Å²) in [7, 11) is 1.61. The van der Waals surface area contributed by atoms with Crippen LogP contribution in [0, 0.1) is 12.3 Å². The van der Waals surface area contributed by atoms with Crippen LogP contribution in [-0.4, -0.2) is 34.7 Å². The summed E-state index contributed by atoms with van der Waals surface area (Å²) in [5, 5.41) is 6.58. The summed E-state index contributed by atoms with van der Waals surface area (Å²) in [5.74, 6) is 3.04. The van der Waals surface area contributed by atoms with Crippen LogP contribution in [0.5, 0.6) is 5.75 Å². The Morgan fingerprint density at radius 1 is 1.48 bits per heavy atom. The Labute approximate surface area is 131 Å². The van der Waals surface area contributed by atoms with Gasteiger partial charge in [-0.2, -0.15) is 5.10 Å². The maximum Gasteiger partial charge on any atom is 0.276 e. The SMILES string of the molecule is C#CCN(Cc1ccc(OC)cc1)C(=O)c1n[nH]cc1Br. The van der Waals surface area contributed by atoms with Crippen LogP contribution >= 0.6 is 15.9 Å². The average molecular weight is 348 g/mol. The highest BCUT2D eigenvalue weighted by Crippen LogP contribution is 2.17. The zero-order valence-electron chi connectivity index (χ0n) is 11.5. The lowest BCUT2D eigenvalue weighted by atomic mass is 10.2. The van der Waals surface area contributed by atoms with Crippen LogP contribution in [0.4, 0.5) is 0 Å². The van der Waals surface area contributed by atoms with Crippen LogP contribution in [0.15, 0.2) is 34.9 Å². The highest BCUT2D eigenvalue weighted by molar-refractivity contribution is 9.10. The van der Waals surface area contributed by atoms with E-state index in [0.29, 0.717) is 16.7 Å². The van der Waals surface area contributed by atoms with Crippen molar-refractivity contribution < 1.29 is 9.53 Å². The average Bonchev–Trinajstić information content (AvgIpc) is 2.93. The standard InChI is InChI=1S/C15H14BrN3O2/c1-3-8-19(15(20)14-13(16)9-17-18-14)10-11-4-6-12(21-2)7-5-11/h1,4-7,9H,8,10H2,2H3,(H,17,18). The number of benzene rings is 1. The summed E-state index contributed by atoms with van der Waals surface area (Å²) in [5.41, 5.74) is 1.28. The molecule has 0 saturated carbocycles. The number of terminal acetylenes is 1. The molecule has 0 unspecified atom stereocenters. The van der Waals surface area contributed by atoms with E-state index in [2.05, 4.69) is 32.0 Å². The van der Waals surface area contributed by atoms with Gasteiger partial charge in [-0.25, -0.2) is 0 Å². The molecule has 0 aliphatic carbocycles. The van der Waals surface area contributed by atoms with Crippen molar-refractivity contribution in [3.05, 3.63) is 46.2 Å². The van der Waals surface area contributed by atoms with Gasteiger partial charge in [0.25, 0.3) is 5.91 Å². The van der Waals surface area contributed by atoms with Gasteiger partial charge in [-0.3, -0.25) is 9.89 Å². The summed E-state index contributed by atoms with van der Waals surface area (Å²) in [6, 6.07) is 7.49. The second kappa shape index (κ2) is 6.95. The number of aromatic amines is 1. The Balaban J connectivity index is 2.17. The molecule has 108 valence electrons. The van der Waals surface area contributed by atoms with Gasteiger partial charge in [0, 0.05) is 12.7 Å². The predicted octanol–water partition coefficient (Wildman–Crippen LogP) is 2.46. The number of carbonyl (C=O) groups is 1. The summed E-state index contributed by atoms with van der Waals surface area (Å²) >= 11 is 3.28. The van der Waals surface area contributed by atoms with Crippen molar-refractivity contribution in [2.45, 2.75) is 6.54 Å². The van der Waals surface area contributed by atoms with E-state index in [1.165, 1.54) is 0 Å². The molecule has 2 rings (SSSR count). The Bertz CT molecular complexity index is 658. The molecule has 0 aliphatic heterocycles. The van der Waals surface area contributed by atoms with E-state index >= 15 is 0 Å². The molecule has 0 saturated heterocycles. The van der Waals surface area contributed by atoms with E-state index in [0.717, 1.165) is 11.3 Å². The minimum absolute atomic E-state index is 0.212. The third-order valence-electron chi connectivity index (χ3n) is 2.90. The van der Waals surface area contributed by atoms with E-state index in [1.54, 1.807) is 18.2 Å². The van der Waals surface area contributed by atoms with E-state index in [9.17, 15) is 4.79 Å². The first-order chi connectivity index (χ1) is 10.2. The normalized spacial score (nSPS) is 9.95. The summed E-state index contributed by atoms with van der Waals surface area (Å²) in [6.45, 7) is 0.622. The molecule has 0 fully saturated rings. The summed E-state index contributed by atoms with van der Waals surface area (Å²) in [6.07, 6.45) is 6.96. The van der Waals surface area contributed by atoms with Crippen molar-refractivity contribution in [2.24, 2.45) is 0 Å². The van der Waals surface area contributed by atoms with Crippen molar-refractivity contribution in [3.63, 3.8) is 0 Å². The molecule has 0 spiro atoms. The van der Waals surface area contributed by atoms with Crippen molar-refractivity contribution in [2.75, 3.05) is 13.7 Å². The number of hydrogen-bond donors (Lipinski definition) is 1. The molecule has 1 N–H and O–H groups in total. The fraction of sp³-hybridized carbons (Fsp3) is 0.200. The number of rotatable bonds is 5. The van der Waals surface area contributed by atoms with Gasteiger partial charge in [0.2, 0.25) is 0 Å². The third-order valence-corrected chi connectivity index (χ3v) is 3.50. The molecule has 5 nitrogen and oxygen atoms in total. The van der Waals surface area contributed by atoms with Gasteiger partial charge in [-0.15, -0.1) is 6.42 Å². The number of hydrogen-bond acceptors (Lipinski definition) is 3. The minimum Gasteiger partial charge on any atom is -0.497 e. The molecule has 0 aliphatic rings. The molecule has 0 radical (unpaired) electrons. The van der Waals surface area contributed by atoms with Gasteiger partial charge in [0.15, 0.2) is 5.69 Å². The maximum absolute atomic E-state index is 12.4. The number of carbonyl (C=O) groups excluding carboxylic acids is 1. The monoisotopic (exact) mass is 347 g/mol. The van der Waals surface area contributed by atoms with E-state index in [-0.39, 0.29) is 12.5 Å². The van der Waals surface area contributed by atoms with Crippen molar-refractivity contribution >= 4 is 21.8 Å². The first-order valence-electron chi connectivity index (χ1n) is 6.20. The lowest BCUT2D eigenvalue weighted by Crippen LogP contribution is -2.31. The number of H-pyrrole nitrogens is 1. The largest absolute Gasteiger partial charge is 0.497 e. The highest BCUT2D eigenvalue weighted by atomic mass is 79.9. The fourth-order valence-electron chi connectivity index (χ4n) is 1.84. The molecule has 1 amide bonds. The van der Waals surface area contributed by atoms with Gasteiger partial charge in [-0.05, 0) is 33.6 Å². The molecule has 0 bridgehead atoms. The number of nitrogens with one attached hydrogen (secondary N) is 1. The number of amides is 1. The molecule has 0 atom stereocenters. The Morgan fingerprint density at radius 2 is 2.19 bits per heavy atom. The van der Waals surface area contributed by atoms with Gasteiger partial charge in [0.1, 0.15) is 5.75 Å². The molecule has 1 aromatic carbocycles. The van der Waals surface area contributed by atoms with Crippen molar-refractivity contribution in [1.29, 1.82) is 0 Å². The first-order valence-corrected chi connectivity index (χ1v) is 7.00. The Kier molecular flexibility index (Phi) is 5.01. The van der Waals surface area contributed by atoms with E-state index < -0.39 is 0 Å². The molecule has 1 heterocycles. The fourth-order valence-corrected chi connectivity index (χ4v) is 2.20. The zero-order chi connectivity index (χ0) is 15.2. The van der Waals surface area contributed by atoms with E-state index in [4.69, 9.17) is 11.2 Å². The van der Waals surface area contributed by atoms with Crippen LogP contribution in [0.2, 0.25) is 0 Å².